The van der Waals surface area contributed by atoms with Crippen LogP contribution in [0.2, 0.25) is 0 Å². The van der Waals surface area contributed by atoms with Crippen molar-refractivity contribution in [3.63, 3.8) is 0 Å². The molecule has 0 aliphatic carbocycles. The number of benzene rings is 1. The lowest BCUT2D eigenvalue weighted by molar-refractivity contribution is 0.0258. The second kappa shape index (κ2) is 6.61. The first-order valence-electron chi connectivity index (χ1n) is 6.57. The van der Waals surface area contributed by atoms with Crippen molar-refractivity contribution in [3.8, 4) is 11.5 Å². The van der Waals surface area contributed by atoms with Crippen LogP contribution in [0.3, 0.4) is 0 Å². The zero-order valence-electron chi connectivity index (χ0n) is 11.1. The van der Waals surface area contributed by atoms with Gasteiger partial charge in [0.2, 0.25) is 0 Å². The van der Waals surface area contributed by atoms with Gasteiger partial charge < -0.3 is 19.5 Å². The molecule has 4 nitrogen and oxygen atoms in total. The van der Waals surface area contributed by atoms with E-state index in [9.17, 15) is 0 Å². The van der Waals surface area contributed by atoms with Crippen LogP contribution in [-0.2, 0) is 4.74 Å². The van der Waals surface area contributed by atoms with Gasteiger partial charge in [0.05, 0.1) is 25.9 Å². The molecule has 1 saturated heterocycles. The fourth-order valence-corrected chi connectivity index (χ4v) is 2.09. The summed E-state index contributed by atoms with van der Waals surface area (Å²) in [7, 11) is 0. The molecule has 0 bridgehead atoms. The quantitative estimate of drug-likeness (QED) is 0.870. The third-order valence-electron chi connectivity index (χ3n) is 2.87. The van der Waals surface area contributed by atoms with Crippen LogP contribution in [0.15, 0.2) is 18.2 Å². The van der Waals surface area contributed by atoms with Gasteiger partial charge in [-0.05, 0) is 32.0 Å². The van der Waals surface area contributed by atoms with Gasteiger partial charge in [-0.15, -0.1) is 0 Å². The van der Waals surface area contributed by atoms with E-state index >= 15 is 0 Å². The molecule has 0 radical (unpaired) electrons. The zero-order valence-corrected chi connectivity index (χ0v) is 11.1. The van der Waals surface area contributed by atoms with E-state index in [1.54, 1.807) is 0 Å². The summed E-state index contributed by atoms with van der Waals surface area (Å²) in [6.07, 6.45) is 0.0423. The van der Waals surface area contributed by atoms with Gasteiger partial charge in [-0.3, -0.25) is 0 Å². The molecular formula is C14H21NO3. The van der Waals surface area contributed by atoms with E-state index in [1.165, 1.54) is 0 Å². The minimum Gasteiger partial charge on any atom is -0.494 e. The van der Waals surface area contributed by atoms with Gasteiger partial charge in [0, 0.05) is 18.7 Å². The molecule has 4 heteroatoms. The molecule has 100 valence electrons. The van der Waals surface area contributed by atoms with Crippen LogP contribution in [0.25, 0.3) is 0 Å². The smallest absolute Gasteiger partial charge is 0.125 e. The van der Waals surface area contributed by atoms with Gasteiger partial charge in [-0.2, -0.15) is 0 Å². The highest BCUT2D eigenvalue weighted by atomic mass is 16.5. The first-order valence-corrected chi connectivity index (χ1v) is 6.57. The minimum absolute atomic E-state index is 0.0423. The van der Waals surface area contributed by atoms with Gasteiger partial charge in [0.15, 0.2) is 0 Å². The molecule has 1 aromatic carbocycles. The second-order valence-electron chi connectivity index (χ2n) is 4.13. The highest BCUT2D eigenvalue weighted by molar-refractivity contribution is 5.42. The van der Waals surface area contributed by atoms with E-state index in [1.807, 2.05) is 32.0 Å². The standard InChI is InChI=1S/C14H21NO3/c1-3-16-11-5-6-13(17-4-2)12(9-11)14-10-15-7-8-18-14/h5-6,9,14-15H,3-4,7-8,10H2,1-2H3. The lowest BCUT2D eigenvalue weighted by Gasteiger charge is -2.26. The van der Waals surface area contributed by atoms with E-state index in [0.717, 1.165) is 36.8 Å². The molecule has 1 fully saturated rings. The minimum atomic E-state index is 0.0423. The normalized spacial score (nSPS) is 19.6. The van der Waals surface area contributed by atoms with Crippen molar-refractivity contribution in [1.82, 2.24) is 5.32 Å². The van der Waals surface area contributed by atoms with Gasteiger partial charge in [-0.1, -0.05) is 0 Å². The molecule has 1 heterocycles. The van der Waals surface area contributed by atoms with Crippen molar-refractivity contribution in [1.29, 1.82) is 0 Å². The van der Waals surface area contributed by atoms with Crippen LogP contribution >= 0.6 is 0 Å². The predicted octanol–water partition coefficient (Wildman–Crippen LogP) is 2.14. The summed E-state index contributed by atoms with van der Waals surface area (Å²) in [5, 5.41) is 3.33. The van der Waals surface area contributed by atoms with Crippen LogP contribution < -0.4 is 14.8 Å². The van der Waals surface area contributed by atoms with Gasteiger partial charge >= 0.3 is 0 Å². The maximum atomic E-state index is 5.79. The van der Waals surface area contributed by atoms with Crippen molar-refractivity contribution in [2.75, 3.05) is 32.9 Å². The monoisotopic (exact) mass is 251 g/mol. The number of hydrogen-bond donors (Lipinski definition) is 1. The van der Waals surface area contributed by atoms with Crippen molar-refractivity contribution < 1.29 is 14.2 Å². The Morgan fingerprint density at radius 3 is 2.78 bits per heavy atom. The van der Waals surface area contributed by atoms with Gasteiger partial charge in [-0.25, -0.2) is 0 Å². The number of ether oxygens (including phenoxy) is 3. The summed E-state index contributed by atoms with van der Waals surface area (Å²) in [5.41, 5.74) is 1.06. The van der Waals surface area contributed by atoms with Crippen LogP contribution in [0.4, 0.5) is 0 Å². The molecule has 1 aliphatic heterocycles. The van der Waals surface area contributed by atoms with Crippen molar-refractivity contribution in [2.45, 2.75) is 20.0 Å². The number of morpholine rings is 1. The molecule has 1 aromatic rings. The molecule has 2 rings (SSSR count). The van der Waals surface area contributed by atoms with Crippen LogP contribution in [-0.4, -0.2) is 32.9 Å². The molecule has 0 aromatic heterocycles. The fourth-order valence-electron chi connectivity index (χ4n) is 2.09. The maximum Gasteiger partial charge on any atom is 0.125 e. The Kier molecular flexibility index (Phi) is 4.84. The SMILES string of the molecule is CCOc1ccc(OCC)c(C2CNCCO2)c1. The third-order valence-corrected chi connectivity index (χ3v) is 2.87. The van der Waals surface area contributed by atoms with Crippen LogP contribution in [0, 0.1) is 0 Å². The second-order valence-corrected chi connectivity index (χ2v) is 4.13. The molecule has 1 atom stereocenters. The summed E-state index contributed by atoms with van der Waals surface area (Å²) in [4.78, 5) is 0. The summed E-state index contributed by atoms with van der Waals surface area (Å²) >= 11 is 0. The molecule has 1 aliphatic rings. The summed E-state index contributed by atoms with van der Waals surface area (Å²) in [6, 6.07) is 5.92. The van der Waals surface area contributed by atoms with Crippen molar-refractivity contribution >= 4 is 0 Å². The van der Waals surface area contributed by atoms with E-state index in [4.69, 9.17) is 14.2 Å². The first kappa shape index (κ1) is 13.2. The Bertz CT molecular complexity index is 375. The van der Waals surface area contributed by atoms with Gasteiger partial charge in [0.1, 0.15) is 11.5 Å². The highest BCUT2D eigenvalue weighted by Crippen LogP contribution is 2.32. The largest absolute Gasteiger partial charge is 0.494 e. The highest BCUT2D eigenvalue weighted by Gasteiger charge is 2.20. The Morgan fingerprint density at radius 2 is 2.11 bits per heavy atom. The molecule has 0 saturated carbocycles. The predicted molar refractivity (Wildman–Crippen MR) is 70.3 cm³/mol. The lowest BCUT2D eigenvalue weighted by Crippen LogP contribution is -2.33. The molecule has 1 unspecified atom stereocenters. The number of rotatable bonds is 5. The Labute approximate surface area is 108 Å². The third kappa shape index (κ3) is 3.15. The molecule has 0 spiro atoms. The lowest BCUT2D eigenvalue weighted by atomic mass is 10.1. The Morgan fingerprint density at radius 1 is 1.28 bits per heavy atom. The summed E-state index contributed by atoms with van der Waals surface area (Å²) in [5.74, 6) is 1.75. The van der Waals surface area contributed by atoms with E-state index < -0.39 is 0 Å². The average Bonchev–Trinajstić information content (AvgIpc) is 2.42. The van der Waals surface area contributed by atoms with E-state index in [2.05, 4.69) is 5.32 Å². The Hall–Kier alpha value is -1.26. The maximum absolute atomic E-state index is 5.79. The Balaban J connectivity index is 2.23. The fraction of sp³-hybridized carbons (Fsp3) is 0.571. The van der Waals surface area contributed by atoms with Crippen molar-refractivity contribution in [2.24, 2.45) is 0 Å². The van der Waals surface area contributed by atoms with E-state index in [-0.39, 0.29) is 6.10 Å². The zero-order chi connectivity index (χ0) is 12.8. The average molecular weight is 251 g/mol. The molecule has 1 N–H and O–H groups in total. The molecule has 0 amide bonds. The van der Waals surface area contributed by atoms with Gasteiger partial charge in [0.25, 0.3) is 0 Å². The molecule has 18 heavy (non-hydrogen) atoms. The topological polar surface area (TPSA) is 39.7 Å². The van der Waals surface area contributed by atoms with Crippen LogP contribution in [0.1, 0.15) is 25.5 Å². The van der Waals surface area contributed by atoms with E-state index in [0.29, 0.717) is 13.2 Å². The molecular weight excluding hydrogens is 230 g/mol. The summed E-state index contributed by atoms with van der Waals surface area (Å²) in [6.45, 7) is 7.74. The van der Waals surface area contributed by atoms with Crippen molar-refractivity contribution in [3.05, 3.63) is 23.8 Å². The summed E-state index contributed by atoms with van der Waals surface area (Å²) < 4.78 is 17.0. The number of nitrogens with one attached hydrogen (secondary N) is 1. The first-order chi connectivity index (χ1) is 8.85. The number of hydrogen-bond acceptors (Lipinski definition) is 4. The van der Waals surface area contributed by atoms with Crippen LogP contribution in [0.5, 0.6) is 11.5 Å².